The molecule has 0 saturated carbocycles. The fourth-order valence-electron chi connectivity index (χ4n) is 2.90. The maximum absolute atomic E-state index is 12.2. The zero-order valence-corrected chi connectivity index (χ0v) is 13.1. The average Bonchev–Trinajstić information content (AvgIpc) is 3.19. The highest BCUT2D eigenvalue weighted by Gasteiger charge is 2.25. The molecular formula is C16H19ClN4O. The molecule has 1 aliphatic heterocycles. The average molecular weight is 319 g/mol. The Morgan fingerprint density at radius 2 is 2.14 bits per heavy atom. The standard InChI is InChI=1S/C16H19ClN4O/c17-15-3-1-13(2-4-15)9-14-5-7-20(10-14)16(22)6-8-21-12-18-11-19-21/h1-4,11-12,14H,5-10H2. The van der Waals surface area contributed by atoms with E-state index in [1.54, 1.807) is 11.0 Å². The Morgan fingerprint density at radius 1 is 1.32 bits per heavy atom. The van der Waals surface area contributed by atoms with Crippen LogP contribution >= 0.6 is 11.6 Å². The van der Waals surface area contributed by atoms with E-state index in [0.717, 1.165) is 31.0 Å². The first-order valence-corrected chi connectivity index (χ1v) is 7.93. The molecule has 1 amide bonds. The van der Waals surface area contributed by atoms with E-state index in [-0.39, 0.29) is 5.91 Å². The van der Waals surface area contributed by atoms with Crippen molar-refractivity contribution in [3.8, 4) is 0 Å². The fourth-order valence-corrected chi connectivity index (χ4v) is 3.02. The molecular weight excluding hydrogens is 300 g/mol. The van der Waals surface area contributed by atoms with Gasteiger partial charge < -0.3 is 4.90 Å². The maximum atomic E-state index is 12.2. The van der Waals surface area contributed by atoms with Crippen molar-refractivity contribution in [2.75, 3.05) is 13.1 Å². The first-order valence-electron chi connectivity index (χ1n) is 7.55. The van der Waals surface area contributed by atoms with Crippen LogP contribution in [0.25, 0.3) is 0 Å². The van der Waals surface area contributed by atoms with Crippen LogP contribution in [0.15, 0.2) is 36.9 Å². The molecule has 5 nitrogen and oxygen atoms in total. The molecule has 2 aromatic rings. The number of carbonyl (C=O) groups excluding carboxylic acids is 1. The molecule has 0 aliphatic carbocycles. The normalized spacial score (nSPS) is 17.9. The van der Waals surface area contributed by atoms with Crippen molar-refractivity contribution in [3.63, 3.8) is 0 Å². The number of halogens is 1. The van der Waals surface area contributed by atoms with E-state index in [1.165, 1.54) is 11.9 Å². The van der Waals surface area contributed by atoms with Crippen molar-refractivity contribution in [3.05, 3.63) is 47.5 Å². The van der Waals surface area contributed by atoms with Gasteiger partial charge in [0.05, 0.1) is 6.54 Å². The minimum Gasteiger partial charge on any atom is -0.342 e. The van der Waals surface area contributed by atoms with Crippen LogP contribution in [-0.4, -0.2) is 38.7 Å². The summed E-state index contributed by atoms with van der Waals surface area (Å²) in [6, 6.07) is 7.98. The van der Waals surface area contributed by atoms with Crippen LogP contribution in [0, 0.1) is 5.92 Å². The third kappa shape index (κ3) is 3.85. The predicted molar refractivity (Wildman–Crippen MR) is 84.5 cm³/mol. The molecule has 0 radical (unpaired) electrons. The highest BCUT2D eigenvalue weighted by molar-refractivity contribution is 6.30. The Kier molecular flexibility index (Phi) is 4.73. The summed E-state index contributed by atoms with van der Waals surface area (Å²) in [6.45, 7) is 2.30. The van der Waals surface area contributed by atoms with Crippen LogP contribution in [0.4, 0.5) is 0 Å². The van der Waals surface area contributed by atoms with Crippen molar-refractivity contribution < 1.29 is 4.79 Å². The molecule has 0 N–H and O–H groups in total. The summed E-state index contributed by atoms with van der Waals surface area (Å²) in [5.41, 5.74) is 1.28. The van der Waals surface area contributed by atoms with Crippen LogP contribution in [0.1, 0.15) is 18.4 Å². The third-order valence-corrected chi connectivity index (χ3v) is 4.35. The van der Waals surface area contributed by atoms with Crippen LogP contribution < -0.4 is 0 Å². The molecule has 1 aromatic heterocycles. The molecule has 116 valence electrons. The van der Waals surface area contributed by atoms with Crippen molar-refractivity contribution >= 4 is 17.5 Å². The van der Waals surface area contributed by atoms with E-state index >= 15 is 0 Å². The van der Waals surface area contributed by atoms with Gasteiger partial charge in [-0.15, -0.1) is 0 Å². The van der Waals surface area contributed by atoms with Gasteiger partial charge in [0.2, 0.25) is 5.91 Å². The molecule has 0 bridgehead atoms. The Balaban J connectivity index is 1.47. The smallest absolute Gasteiger partial charge is 0.224 e. The second kappa shape index (κ2) is 6.92. The van der Waals surface area contributed by atoms with Crippen molar-refractivity contribution in [2.45, 2.75) is 25.8 Å². The highest BCUT2D eigenvalue weighted by Crippen LogP contribution is 2.22. The molecule has 1 atom stereocenters. The van der Waals surface area contributed by atoms with Crippen molar-refractivity contribution in [2.24, 2.45) is 5.92 Å². The number of hydrogen-bond donors (Lipinski definition) is 0. The van der Waals surface area contributed by atoms with Gasteiger partial charge in [-0.25, -0.2) is 4.98 Å². The lowest BCUT2D eigenvalue weighted by Gasteiger charge is -2.16. The predicted octanol–water partition coefficient (Wildman–Crippen LogP) is 2.41. The summed E-state index contributed by atoms with van der Waals surface area (Å²) < 4.78 is 1.69. The van der Waals surface area contributed by atoms with E-state index < -0.39 is 0 Å². The number of amides is 1. The Labute approximate surface area is 134 Å². The minimum absolute atomic E-state index is 0.203. The second-order valence-corrected chi connectivity index (χ2v) is 6.17. The molecule has 0 spiro atoms. The first-order chi connectivity index (χ1) is 10.7. The molecule has 6 heteroatoms. The minimum atomic E-state index is 0.203. The summed E-state index contributed by atoms with van der Waals surface area (Å²) in [5.74, 6) is 0.741. The van der Waals surface area contributed by atoms with Crippen molar-refractivity contribution in [1.82, 2.24) is 19.7 Å². The van der Waals surface area contributed by atoms with Gasteiger partial charge in [-0.3, -0.25) is 9.48 Å². The molecule has 3 rings (SSSR count). The summed E-state index contributed by atoms with van der Waals surface area (Å²) in [7, 11) is 0. The van der Waals surface area contributed by atoms with Gasteiger partial charge in [0.25, 0.3) is 0 Å². The van der Waals surface area contributed by atoms with Gasteiger partial charge in [0.1, 0.15) is 12.7 Å². The van der Waals surface area contributed by atoms with E-state index in [2.05, 4.69) is 22.2 Å². The number of hydrogen-bond acceptors (Lipinski definition) is 3. The van der Waals surface area contributed by atoms with Gasteiger partial charge in [-0.1, -0.05) is 23.7 Å². The molecule has 1 fully saturated rings. The van der Waals surface area contributed by atoms with Gasteiger partial charge in [0.15, 0.2) is 0 Å². The first kappa shape index (κ1) is 15.0. The quantitative estimate of drug-likeness (QED) is 0.850. The SMILES string of the molecule is O=C(CCn1cncn1)N1CCC(Cc2ccc(Cl)cc2)C1. The zero-order valence-electron chi connectivity index (χ0n) is 12.4. The fraction of sp³-hybridized carbons (Fsp3) is 0.438. The zero-order chi connectivity index (χ0) is 15.4. The topological polar surface area (TPSA) is 51.0 Å². The summed E-state index contributed by atoms with van der Waals surface area (Å²) in [5, 5.41) is 4.78. The maximum Gasteiger partial charge on any atom is 0.224 e. The van der Waals surface area contributed by atoms with E-state index in [0.29, 0.717) is 18.9 Å². The molecule has 22 heavy (non-hydrogen) atoms. The Morgan fingerprint density at radius 3 is 2.86 bits per heavy atom. The number of nitrogens with zero attached hydrogens (tertiary/aromatic N) is 4. The van der Waals surface area contributed by atoms with E-state index in [9.17, 15) is 4.79 Å². The molecule has 1 unspecified atom stereocenters. The van der Waals surface area contributed by atoms with E-state index in [4.69, 9.17) is 11.6 Å². The van der Waals surface area contributed by atoms with Crippen LogP contribution in [0.3, 0.4) is 0 Å². The molecule has 2 heterocycles. The van der Waals surface area contributed by atoms with Gasteiger partial charge >= 0.3 is 0 Å². The Hall–Kier alpha value is -1.88. The largest absolute Gasteiger partial charge is 0.342 e. The second-order valence-electron chi connectivity index (χ2n) is 5.73. The number of carbonyl (C=O) groups is 1. The lowest BCUT2D eigenvalue weighted by Crippen LogP contribution is -2.29. The van der Waals surface area contributed by atoms with Crippen LogP contribution in [0.5, 0.6) is 0 Å². The molecule has 1 aliphatic rings. The monoisotopic (exact) mass is 318 g/mol. The highest BCUT2D eigenvalue weighted by atomic mass is 35.5. The lowest BCUT2D eigenvalue weighted by atomic mass is 9.99. The number of benzene rings is 1. The van der Waals surface area contributed by atoms with Gasteiger partial charge in [0, 0.05) is 24.5 Å². The number of likely N-dealkylation sites (tertiary alicyclic amines) is 1. The summed E-state index contributed by atoms with van der Waals surface area (Å²) in [4.78, 5) is 18.1. The number of aryl methyl sites for hydroxylation is 1. The molecule has 1 saturated heterocycles. The summed E-state index contributed by atoms with van der Waals surface area (Å²) in [6.07, 6.45) is 5.68. The van der Waals surface area contributed by atoms with E-state index in [1.807, 2.05) is 17.0 Å². The third-order valence-electron chi connectivity index (χ3n) is 4.10. The van der Waals surface area contributed by atoms with Crippen molar-refractivity contribution in [1.29, 1.82) is 0 Å². The number of aromatic nitrogens is 3. The van der Waals surface area contributed by atoms with Gasteiger partial charge in [-0.2, -0.15) is 5.10 Å². The Bertz CT molecular complexity index is 612. The summed E-state index contributed by atoms with van der Waals surface area (Å²) >= 11 is 5.91. The van der Waals surface area contributed by atoms with Crippen LogP contribution in [0.2, 0.25) is 5.02 Å². The van der Waals surface area contributed by atoms with Gasteiger partial charge in [-0.05, 0) is 36.5 Å². The number of rotatable bonds is 5. The molecule has 1 aromatic carbocycles. The lowest BCUT2D eigenvalue weighted by molar-refractivity contribution is -0.130. The van der Waals surface area contributed by atoms with Crippen LogP contribution in [-0.2, 0) is 17.8 Å².